The van der Waals surface area contributed by atoms with Crippen molar-refractivity contribution in [2.24, 2.45) is 5.92 Å². The Hall–Kier alpha value is -1.36. The maximum atomic E-state index is 10.6. The van der Waals surface area contributed by atoms with Gasteiger partial charge in [0.1, 0.15) is 5.15 Å². The summed E-state index contributed by atoms with van der Waals surface area (Å²) < 4.78 is 5.50. The molecule has 6 heteroatoms. The molecule has 0 saturated heterocycles. The van der Waals surface area contributed by atoms with Crippen LogP contribution in [0.4, 0.5) is 5.69 Å². The fourth-order valence-electron chi connectivity index (χ4n) is 1.54. The molecule has 1 heterocycles. The fourth-order valence-corrected chi connectivity index (χ4v) is 1.74. The Balaban J connectivity index is 2.80. The number of aromatic nitrogens is 1. The number of pyridine rings is 1. The van der Waals surface area contributed by atoms with Gasteiger partial charge < -0.3 is 4.74 Å². The molecule has 94 valence electrons. The summed E-state index contributed by atoms with van der Waals surface area (Å²) in [6.45, 7) is 6.05. The van der Waals surface area contributed by atoms with Gasteiger partial charge in [0.05, 0.1) is 23.2 Å². The molecule has 0 bridgehead atoms. The van der Waals surface area contributed by atoms with E-state index in [9.17, 15) is 10.1 Å². The van der Waals surface area contributed by atoms with E-state index in [0.717, 1.165) is 6.42 Å². The van der Waals surface area contributed by atoms with Crippen molar-refractivity contribution in [3.8, 4) is 5.88 Å². The van der Waals surface area contributed by atoms with Crippen LogP contribution < -0.4 is 4.74 Å². The second-order valence-electron chi connectivity index (χ2n) is 4.30. The van der Waals surface area contributed by atoms with Crippen molar-refractivity contribution in [3.63, 3.8) is 0 Å². The first-order chi connectivity index (χ1) is 7.88. The van der Waals surface area contributed by atoms with Gasteiger partial charge >= 0.3 is 0 Å². The molecule has 0 aliphatic rings. The van der Waals surface area contributed by atoms with Gasteiger partial charge in [0, 0.05) is 0 Å². The van der Waals surface area contributed by atoms with Crippen LogP contribution in [0.3, 0.4) is 0 Å². The Morgan fingerprint density at radius 2 is 2.12 bits per heavy atom. The highest BCUT2D eigenvalue weighted by molar-refractivity contribution is 6.29. The topological polar surface area (TPSA) is 65.3 Å². The molecule has 1 aromatic heterocycles. The minimum atomic E-state index is -0.520. The van der Waals surface area contributed by atoms with Crippen molar-refractivity contribution in [1.82, 2.24) is 4.98 Å². The van der Waals surface area contributed by atoms with E-state index in [1.165, 1.54) is 12.1 Å². The second kappa shape index (κ2) is 5.82. The monoisotopic (exact) mass is 258 g/mol. The summed E-state index contributed by atoms with van der Waals surface area (Å²) in [5.74, 6) is 0.677. The third-order valence-corrected chi connectivity index (χ3v) is 2.29. The molecule has 17 heavy (non-hydrogen) atoms. The summed E-state index contributed by atoms with van der Waals surface area (Å²) in [6, 6.07) is 2.48. The molecular weight excluding hydrogens is 244 g/mol. The molecule has 1 rings (SSSR count). The van der Waals surface area contributed by atoms with Crippen LogP contribution in [-0.4, -0.2) is 16.0 Å². The highest BCUT2D eigenvalue weighted by Crippen LogP contribution is 2.23. The van der Waals surface area contributed by atoms with Crippen molar-refractivity contribution in [2.75, 3.05) is 0 Å². The number of hydrogen-bond acceptors (Lipinski definition) is 4. The first-order valence-electron chi connectivity index (χ1n) is 5.37. The summed E-state index contributed by atoms with van der Waals surface area (Å²) >= 11 is 5.69. The van der Waals surface area contributed by atoms with Gasteiger partial charge in [0.15, 0.2) is 0 Å². The molecule has 5 nitrogen and oxygen atoms in total. The number of rotatable bonds is 5. The Labute approximate surface area is 105 Å². The molecule has 1 aromatic rings. The lowest BCUT2D eigenvalue weighted by Gasteiger charge is -2.15. The van der Waals surface area contributed by atoms with Crippen molar-refractivity contribution < 1.29 is 9.66 Å². The minimum Gasteiger partial charge on any atom is -0.474 e. The third-order valence-electron chi connectivity index (χ3n) is 2.09. The molecule has 0 fully saturated rings. The molecule has 0 aliphatic carbocycles. The molecule has 0 radical (unpaired) electrons. The largest absolute Gasteiger partial charge is 0.474 e. The average Bonchev–Trinajstić information content (AvgIpc) is 2.14. The van der Waals surface area contributed by atoms with Gasteiger partial charge in [-0.15, -0.1) is 0 Å². The quantitative estimate of drug-likeness (QED) is 0.461. The second-order valence-corrected chi connectivity index (χ2v) is 4.69. The maximum absolute atomic E-state index is 10.6. The molecule has 0 spiro atoms. The van der Waals surface area contributed by atoms with E-state index >= 15 is 0 Å². The van der Waals surface area contributed by atoms with E-state index in [2.05, 4.69) is 18.8 Å². The molecule has 0 aliphatic heterocycles. The molecule has 0 N–H and O–H groups in total. The van der Waals surface area contributed by atoms with Gasteiger partial charge in [-0.1, -0.05) is 25.4 Å². The SMILES string of the molecule is CC(C)CC(C)Oc1cc([N+](=O)[O-])cc(Cl)n1. The van der Waals surface area contributed by atoms with Crippen molar-refractivity contribution in [2.45, 2.75) is 33.3 Å². The smallest absolute Gasteiger partial charge is 0.277 e. The standard InChI is InChI=1S/C11H15ClN2O3/c1-7(2)4-8(3)17-11-6-9(14(15)16)5-10(12)13-11/h5-8H,4H2,1-3H3. The molecule has 0 aromatic carbocycles. The third kappa shape index (κ3) is 4.56. The first-order valence-corrected chi connectivity index (χ1v) is 5.75. The predicted octanol–water partition coefficient (Wildman–Crippen LogP) is 3.46. The molecule has 0 amide bonds. The van der Waals surface area contributed by atoms with Gasteiger partial charge in [-0.2, -0.15) is 0 Å². The van der Waals surface area contributed by atoms with Crippen LogP contribution in [0, 0.1) is 16.0 Å². The van der Waals surface area contributed by atoms with E-state index in [-0.39, 0.29) is 22.8 Å². The first kappa shape index (κ1) is 13.7. The number of hydrogen-bond donors (Lipinski definition) is 0. The van der Waals surface area contributed by atoms with Crippen LogP contribution in [-0.2, 0) is 0 Å². The highest BCUT2D eigenvalue weighted by atomic mass is 35.5. The maximum Gasteiger partial charge on any atom is 0.277 e. The van der Waals surface area contributed by atoms with Crippen molar-refractivity contribution >= 4 is 17.3 Å². The average molecular weight is 259 g/mol. The van der Waals surface area contributed by atoms with Gasteiger partial charge in [-0.3, -0.25) is 10.1 Å². The van der Waals surface area contributed by atoms with Gasteiger partial charge in [-0.25, -0.2) is 4.98 Å². The van der Waals surface area contributed by atoms with Gasteiger partial charge in [0.25, 0.3) is 5.69 Å². The minimum absolute atomic E-state index is 0.0550. The Morgan fingerprint density at radius 3 is 2.65 bits per heavy atom. The fraction of sp³-hybridized carbons (Fsp3) is 0.545. The Bertz CT molecular complexity index is 410. The Kier molecular flexibility index (Phi) is 4.69. The van der Waals surface area contributed by atoms with Gasteiger partial charge in [-0.05, 0) is 19.3 Å². The zero-order valence-corrected chi connectivity index (χ0v) is 10.8. The zero-order chi connectivity index (χ0) is 13.0. The number of halogens is 1. The lowest BCUT2D eigenvalue weighted by atomic mass is 10.1. The van der Waals surface area contributed by atoms with Crippen LogP contribution in [0.15, 0.2) is 12.1 Å². The van der Waals surface area contributed by atoms with Crippen molar-refractivity contribution in [3.05, 3.63) is 27.4 Å². The number of nitrogens with zero attached hydrogens (tertiary/aromatic N) is 2. The van der Waals surface area contributed by atoms with E-state index < -0.39 is 4.92 Å². The normalized spacial score (nSPS) is 12.5. The number of ether oxygens (including phenoxy) is 1. The van der Waals surface area contributed by atoms with Crippen LogP contribution in [0.1, 0.15) is 27.2 Å². The molecule has 1 atom stereocenters. The van der Waals surface area contributed by atoms with Gasteiger partial charge in [0.2, 0.25) is 5.88 Å². The summed E-state index contributed by atoms with van der Waals surface area (Å²) in [7, 11) is 0. The van der Waals surface area contributed by atoms with E-state index in [0.29, 0.717) is 5.92 Å². The van der Waals surface area contributed by atoms with E-state index in [1.807, 2.05) is 6.92 Å². The summed E-state index contributed by atoms with van der Waals surface area (Å²) in [5.41, 5.74) is -0.114. The van der Waals surface area contributed by atoms with E-state index in [4.69, 9.17) is 16.3 Å². The Morgan fingerprint density at radius 1 is 1.47 bits per heavy atom. The van der Waals surface area contributed by atoms with Crippen LogP contribution >= 0.6 is 11.6 Å². The lowest BCUT2D eigenvalue weighted by Crippen LogP contribution is -2.15. The molecular formula is C11H15ClN2O3. The summed E-state index contributed by atoms with van der Waals surface area (Å²) in [4.78, 5) is 14.0. The number of nitro groups is 1. The van der Waals surface area contributed by atoms with Crippen LogP contribution in [0.25, 0.3) is 0 Å². The molecule has 0 saturated carbocycles. The van der Waals surface area contributed by atoms with E-state index in [1.54, 1.807) is 0 Å². The zero-order valence-electron chi connectivity index (χ0n) is 10.0. The summed E-state index contributed by atoms with van der Waals surface area (Å²) in [5, 5.41) is 10.7. The lowest BCUT2D eigenvalue weighted by molar-refractivity contribution is -0.385. The predicted molar refractivity (Wildman–Crippen MR) is 65.4 cm³/mol. The summed E-state index contributed by atoms with van der Waals surface area (Å²) in [6.07, 6.45) is 0.794. The van der Waals surface area contributed by atoms with Crippen LogP contribution in [0.5, 0.6) is 5.88 Å². The van der Waals surface area contributed by atoms with Crippen molar-refractivity contribution in [1.29, 1.82) is 0 Å². The molecule has 1 unspecified atom stereocenters. The highest BCUT2D eigenvalue weighted by Gasteiger charge is 2.13. The van der Waals surface area contributed by atoms with Crippen LogP contribution in [0.2, 0.25) is 5.15 Å².